The SMILES string of the molecule is CN(C)c1ccc(-c2cc(-c3ccc(OCCOCCOCCO[Si](C)(C)C(C)(C)C)cc3)on2)cc1. The zero-order valence-corrected chi connectivity index (χ0v) is 24.4. The van der Waals surface area contributed by atoms with Crippen LogP contribution in [0.3, 0.4) is 0 Å². The highest BCUT2D eigenvalue weighted by Gasteiger charge is 2.36. The van der Waals surface area contributed by atoms with Crippen LogP contribution in [-0.4, -0.2) is 67.2 Å². The molecule has 0 unspecified atom stereocenters. The predicted octanol–water partition coefficient (Wildman–Crippen LogP) is 6.51. The van der Waals surface area contributed by atoms with E-state index in [-0.39, 0.29) is 5.04 Å². The maximum Gasteiger partial charge on any atom is 0.192 e. The Hall–Kier alpha value is -2.65. The number of anilines is 1. The summed E-state index contributed by atoms with van der Waals surface area (Å²) in [5, 5.41) is 4.45. The molecule has 0 aliphatic carbocycles. The smallest absolute Gasteiger partial charge is 0.192 e. The maximum atomic E-state index is 6.10. The first kappa shape index (κ1) is 28.9. The molecule has 3 aromatic rings. The molecular formula is C29H42N2O5Si. The molecule has 0 aliphatic rings. The fourth-order valence-electron chi connectivity index (χ4n) is 3.31. The van der Waals surface area contributed by atoms with Gasteiger partial charge in [-0.1, -0.05) is 38.1 Å². The summed E-state index contributed by atoms with van der Waals surface area (Å²) in [6.45, 7) is 14.5. The Morgan fingerprint density at radius 3 is 1.95 bits per heavy atom. The molecule has 3 rings (SSSR count). The zero-order chi connectivity index (χ0) is 26.9. The van der Waals surface area contributed by atoms with E-state index in [1.54, 1.807) is 0 Å². The van der Waals surface area contributed by atoms with Gasteiger partial charge in [-0.2, -0.15) is 0 Å². The minimum atomic E-state index is -1.70. The Morgan fingerprint density at radius 1 is 0.784 bits per heavy atom. The van der Waals surface area contributed by atoms with Crippen LogP contribution in [0.15, 0.2) is 59.1 Å². The van der Waals surface area contributed by atoms with Crippen molar-refractivity contribution in [2.75, 3.05) is 58.6 Å². The summed E-state index contributed by atoms with van der Waals surface area (Å²) < 4.78 is 28.7. The van der Waals surface area contributed by atoms with Crippen molar-refractivity contribution < 1.29 is 23.2 Å². The number of nitrogens with zero attached hydrogens (tertiary/aromatic N) is 2. The van der Waals surface area contributed by atoms with E-state index in [0.717, 1.165) is 34.0 Å². The van der Waals surface area contributed by atoms with Gasteiger partial charge in [-0.15, -0.1) is 0 Å². The van der Waals surface area contributed by atoms with E-state index in [4.69, 9.17) is 23.2 Å². The van der Waals surface area contributed by atoms with Gasteiger partial charge in [-0.3, -0.25) is 0 Å². The third kappa shape index (κ3) is 8.71. The lowest BCUT2D eigenvalue weighted by molar-refractivity contribution is 0.0260. The van der Waals surface area contributed by atoms with Crippen LogP contribution >= 0.6 is 0 Å². The summed E-state index contributed by atoms with van der Waals surface area (Å²) in [6.07, 6.45) is 0. The van der Waals surface area contributed by atoms with E-state index in [1.165, 1.54) is 0 Å². The van der Waals surface area contributed by atoms with E-state index in [2.05, 4.69) is 56.1 Å². The molecule has 0 radical (unpaired) electrons. The topological polar surface area (TPSA) is 66.2 Å². The van der Waals surface area contributed by atoms with Crippen LogP contribution < -0.4 is 9.64 Å². The van der Waals surface area contributed by atoms with Crippen LogP contribution in [0.2, 0.25) is 18.1 Å². The van der Waals surface area contributed by atoms with Gasteiger partial charge in [-0.25, -0.2) is 0 Å². The Labute approximate surface area is 222 Å². The van der Waals surface area contributed by atoms with Crippen molar-refractivity contribution in [3.8, 4) is 28.3 Å². The predicted molar refractivity (Wildman–Crippen MR) is 152 cm³/mol. The largest absolute Gasteiger partial charge is 0.491 e. The molecule has 0 N–H and O–H groups in total. The standard InChI is InChI=1S/C29H42N2O5Si/c1-29(2,3)37(6,7)35-21-19-33-17-16-32-18-20-34-26-14-10-24(11-15-26)28-22-27(30-36-28)23-8-12-25(13-9-23)31(4)5/h8-15,22H,16-21H2,1-7H3. The number of ether oxygens (including phenoxy) is 3. The highest BCUT2D eigenvalue weighted by atomic mass is 28.4. The second-order valence-corrected chi connectivity index (χ2v) is 15.5. The molecule has 0 saturated heterocycles. The van der Waals surface area contributed by atoms with Crippen molar-refractivity contribution in [3.05, 3.63) is 54.6 Å². The van der Waals surface area contributed by atoms with Gasteiger partial charge >= 0.3 is 0 Å². The third-order valence-electron chi connectivity index (χ3n) is 6.69. The van der Waals surface area contributed by atoms with Gasteiger partial charge in [0.05, 0.1) is 33.0 Å². The molecule has 1 aromatic heterocycles. The van der Waals surface area contributed by atoms with Gasteiger partial charge in [0, 0.05) is 37.0 Å². The molecule has 0 atom stereocenters. The first-order valence-electron chi connectivity index (χ1n) is 12.8. The maximum absolute atomic E-state index is 6.10. The molecular weight excluding hydrogens is 484 g/mol. The molecule has 2 aromatic carbocycles. The molecule has 0 bridgehead atoms. The second-order valence-electron chi connectivity index (χ2n) is 10.7. The van der Waals surface area contributed by atoms with Crippen LogP contribution in [0.5, 0.6) is 5.75 Å². The molecule has 1 heterocycles. The van der Waals surface area contributed by atoms with Crippen LogP contribution in [0, 0.1) is 0 Å². The average molecular weight is 527 g/mol. The fourth-order valence-corrected chi connectivity index (χ4v) is 4.33. The van der Waals surface area contributed by atoms with Crippen molar-refractivity contribution in [2.45, 2.75) is 38.9 Å². The fraction of sp³-hybridized carbons (Fsp3) is 0.483. The quantitative estimate of drug-likeness (QED) is 0.175. The van der Waals surface area contributed by atoms with Gasteiger partial charge in [0.1, 0.15) is 18.1 Å². The Kier molecular flexibility index (Phi) is 10.3. The van der Waals surface area contributed by atoms with Crippen LogP contribution in [0.1, 0.15) is 20.8 Å². The Morgan fingerprint density at radius 2 is 1.35 bits per heavy atom. The van der Waals surface area contributed by atoms with Crippen molar-refractivity contribution in [1.82, 2.24) is 5.16 Å². The van der Waals surface area contributed by atoms with E-state index in [0.29, 0.717) is 39.6 Å². The molecule has 0 spiro atoms. The van der Waals surface area contributed by atoms with E-state index in [9.17, 15) is 0 Å². The highest BCUT2D eigenvalue weighted by Crippen LogP contribution is 2.36. The molecule has 202 valence electrons. The van der Waals surface area contributed by atoms with Gasteiger partial charge in [0.15, 0.2) is 14.1 Å². The third-order valence-corrected chi connectivity index (χ3v) is 11.2. The summed E-state index contributed by atoms with van der Waals surface area (Å²) in [7, 11) is 2.34. The first-order chi connectivity index (χ1) is 17.6. The number of benzene rings is 2. The normalized spacial score (nSPS) is 12.1. The molecule has 37 heavy (non-hydrogen) atoms. The van der Waals surface area contributed by atoms with E-state index < -0.39 is 8.32 Å². The van der Waals surface area contributed by atoms with E-state index in [1.807, 2.05) is 56.6 Å². The second kappa shape index (κ2) is 13.2. The molecule has 8 heteroatoms. The lowest BCUT2D eigenvalue weighted by Gasteiger charge is -2.36. The number of aromatic nitrogens is 1. The van der Waals surface area contributed by atoms with Crippen molar-refractivity contribution >= 4 is 14.0 Å². The minimum absolute atomic E-state index is 0.217. The number of rotatable bonds is 14. The summed E-state index contributed by atoms with van der Waals surface area (Å²) in [5.41, 5.74) is 3.92. The van der Waals surface area contributed by atoms with Crippen molar-refractivity contribution in [3.63, 3.8) is 0 Å². The summed E-state index contributed by atoms with van der Waals surface area (Å²) in [5.74, 6) is 1.50. The summed E-state index contributed by atoms with van der Waals surface area (Å²) in [6, 6.07) is 18.0. The van der Waals surface area contributed by atoms with E-state index >= 15 is 0 Å². The molecule has 0 saturated carbocycles. The lowest BCUT2D eigenvalue weighted by Crippen LogP contribution is -2.41. The molecule has 0 fully saturated rings. The van der Waals surface area contributed by atoms with Crippen LogP contribution in [0.25, 0.3) is 22.6 Å². The Balaban J connectivity index is 1.32. The minimum Gasteiger partial charge on any atom is -0.491 e. The monoisotopic (exact) mass is 526 g/mol. The van der Waals surface area contributed by atoms with Gasteiger partial charge in [0.25, 0.3) is 0 Å². The summed E-state index contributed by atoms with van der Waals surface area (Å²) >= 11 is 0. The van der Waals surface area contributed by atoms with Crippen LogP contribution in [-0.2, 0) is 13.9 Å². The zero-order valence-electron chi connectivity index (χ0n) is 23.4. The summed E-state index contributed by atoms with van der Waals surface area (Å²) in [4.78, 5) is 2.07. The average Bonchev–Trinajstić information content (AvgIpc) is 3.35. The van der Waals surface area contributed by atoms with Gasteiger partial charge in [-0.05, 0) is 54.5 Å². The van der Waals surface area contributed by atoms with Crippen molar-refractivity contribution in [2.24, 2.45) is 0 Å². The number of hydrogen-bond acceptors (Lipinski definition) is 7. The van der Waals surface area contributed by atoms with Gasteiger partial charge in [0.2, 0.25) is 0 Å². The number of hydrogen-bond donors (Lipinski definition) is 0. The first-order valence-corrected chi connectivity index (χ1v) is 15.7. The molecule has 7 nitrogen and oxygen atoms in total. The highest BCUT2D eigenvalue weighted by molar-refractivity contribution is 6.74. The molecule has 0 aliphatic heterocycles. The van der Waals surface area contributed by atoms with Crippen molar-refractivity contribution in [1.29, 1.82) is 0 Å². The van der Waals surface area contributed by atoms with Crippen LogP contribution in [0.4, 0.5) is 5.69 Å². The molecule has 0 amide bonds. The van der Waals surface area contributed by atoms with Gasteiger partial charge < -0.3 is 28.1 Å². The Bertz CT molecular complexity index is 1070. The lowest BCUT2D eigenvalue weighted by atomic mass is 10.1.